The van der Waals surface area contributed by atoms with Crippen LogP contribution in [-0.2, 0) is 17.8 Å². The summed E-state index contributed by atoms with van der Waals surface area (Å²) in [7, 11) is 0. The lowest BCUT2D eigenvalue weighted by atomic mass is 10.3. The largest absolute Gasteiger partial charge is 0.352 e. The van der Waals surface area contributed by atoms with Crippen LogP contribution in [0.25, 0.3) is 0 Å². The number of nitrogens with one attached hydrogen (secondary N) is 1. The molecule has 0 saturated carbocycles. The van der Waals surface area contributed by atoms with Gasteiger partial charge < -0.3 is 9.88 Å². The summed E-state index contributed by atoms with van der Waals surface area (Å²) in [6.07, 6.45) is 4.38. The molecule has 2 heterocycles. The quantitative estimate of drug-likeness (QED) is 0.879. The van der Waals surface area contributed by atoms with E-state index in [-0.39, 0.29) is 11.9 Å². The topological polar surface area (TPSA) is 64.7 Å². The number of rotatable bonds is 6. The molecule has 0 aromatic carbocycles. The van der Waals surface area contributed by atoms with Gasteiger partial charge in [0.1, 0.15) is 12.4 Å². The summed E-state index contributed by atoms with van der Waals surface area (Å²) in [5.41, 5.74) is 2.11. The van der Waals surface area contributed by atoms with Crippen LogP contribution in [0.15, 0.2) is 18.5 Å². The van der Waals surface area contributed by atoms with Crippen molar-refractivity contribution in [2.45, 2.75) is 46.7 Å². The molecule has 1 atom stereocenters. The Balaban J connectivity index is 1.88. The van der Waals surface area contributed by atoms with Crippen molar-refractivity contribution in [3.63, 3.8) is 0 Å². The zero-order valence-corrected chi connectivity index (χ0v) is 13.1. The third kappa shape index (κ3) is 3.71. The molecule has 0 aliphatic rings. The van der Waals surface area contributed by atoms with Crippen LogP contribution in [0.2, 0.25) is 0 Å². The first-order valence-electron chi connectivity index (χ1n) is 7.30. The SMILES string of the molecule is CCc1nccn1CC(=O)NCC(C)n1nc(C)cc1C. The lowest BCUT2D eigenvalue weighted by Crippen LogP contribution is -2.33. The minimum atomic E-state index is -0.00363. The van der Waals surface area contributed by atoms with Gasteiger partial charge >= 0.3 is 0 Å². The number of hydrogen-bond donors (Lipinski definition) is 1. The van der Waals surface area contributed by atoms with Gasteiger partial charge in [-0.25, -0.2) is 4.98 Å². The van der Waals surface area contributed by atoms with E-state index in [2.05, 4.69) is 22.3 Å². The smallest absolute Gasteiger partial charge is 0.240 e. The number of hydrogen-bond acceptors (Lipinski definition) is 3. The molecule has 1 unspecified atom stereocenters. The molecule has 2 aromatic heterocycles. The molecule has 0 aliphatic heterocycles. The summed E-state index contributed by atoms with van der Waals surface area (Å²) >= 11 is 0. The zero-order valence-electron chi connectivity index (χ0n) is 13.1. The van der Waals surface area contributed by atoms with E-state index in [0.717, 1.165) is 23.6 Å². The highest BCUT2D eigenvalue weighted by Crippen LogP contribution is 2.09. The average molecular weight is 289 g/mol. The van der Waals surface area contributed by atoms with Crippen LogP contribution in [0.3, 0.4) is 0 Å². The van der Waals surface area contributed by atoms with Crippen LogP contribution < -0.4 is 5.32 Å². The Morgan fingerprint density at radius 3 is 2.81 bits per heavy atom. The summed E-state index contributed by atoms with van der Waals surface area (Å²) in [5.74, 6) is 0.924. The Kier molecular flexibility index (Phi) is 4.77. The molecule has 0 bridgehead atoms. The normalized spacial score (nSPS) is 12.4. The number of nitrogens with zero attached hydrogens (tertiary/aromatic N) is 4. The molecule has 21 heavy (non-hydrogen) atoms. The second-order valence-corrected chi connectivity index (χ2v) is 5.35. The summed E-state index contributed by atoms with van der Waals surface area (Å²) in [6.45, 7) is 8.96. The minimum Gasteiger partial charge on any atom is -0.352 e. The van der Waals surface area contributed by atoms with Crippen LogP contribution in [-0.4, -0.2) is 31.8 Å². The van der Waals surface area contributed by atoms with Gasteiger partial charge in [-0.1, -0.05) is 6.92 Å². The maximum atomic E-state index is 12.0. The van der Waals surface area contributed by atoms with E-state index < -0.39 is 0 Å². The highest BCUT2D eigenvalue weighted by atomic mass is 16.1. The zero-order chi connectivity index (χ0) is 15.4. The third-order valence-corrected chi connectivity index (χ3v) is 3.49. The molecule has 0 fully saturated rings. The molecular formula is C15H23N5O. The number of carbonyl (C=O) groups is 1. The van der Waals surface area contributed by atoms with E-state index in [9.17, 15) is 4.79 Å². The maximum absolute atomic E-state index is 12.0. The lowest BCUT2D eigenvalue weighted by molar-refractivity contribution is -0.121. The first-order chi connectivity index (χ1) is 10.0. The molecule has 2 aromatic rings. The number of amides is 1. The van der Waals surface area contributed by atoms with Crippen molar-refractivity contribution in [1.29, 1.82) is 0 Å². The molecule has 6 heteroatoms. The molecule has 0 aliphatic carbocycles. The van der Waals surface area contributed by atoms with Crippen LogP contribution >= 0.6 is 0 Å². The van der Waals surface area contributed by atoms with Crippen molar-refractivity contribution in [2.75, 3.05) is 6.54 Å². The minimum absolute atomic E-state index is 0.00363. The van der Waals surface area contributed by atoms with Crippen molar-refractivity contribution < 1.29 is 4.79 Å². The molecule has 114 valence electrons. The van der Waals surface area contributed by atoms with Gasteiger partial charge in [0, 0.05) is 31.1 Å². The molecular weight excluding hydrogens is 266 g/mol. The van der Waals surface area contributed by atoms with Gasteiger partial charge in [0.25, 0.3) is 0 Å². The van der Waals surface area contributed by atoms with Crippen molar-refractivity contribution in [1.82, 2.24) is 24.6 Å². The molecule has 0 spiro atoms. The predicted molar refractivity (Wildman–Crippen MR) is 81.0 cm³/mol. The van der Waals surface area contributed by atoms with Crippen LogP contribution in [0.1, 0.15) is 37.1 Å². The van der Waals surface area contributed by atoms with Gasteiger partial charge in [-0.15, -0.1) is 0 Å². The Morgan fingerprint density at radius 2 is 2.19 bits per heavy atom. The van der Waals surface area contributed by atoms with E-state index >= 15 is 0 Å². The van der Waals surface area contributed by atoms with Crippen molar-refractivity contribution in [2.24, 2.45) is 0 Å². The van der Waals surface area contributed by atoms with Crippen molar-refractivity contribution in [3.05, 3.63) is 35.7 Å². The second-order valence-electron chi connectivity index (χ2n) is 5.35. The first-order valence-corrected chi connectivity index (χ1v) is 7.30. The van der Waals surface area contributed by atoms with E-state index in [1.165, 1.54) is 0 Å². The van der Waals surface area contributed by atoms with Gasteiger partial charge in [0.15, 0.2) is 0 Å². The average Bonchev–Trinajstić information content (AvgIpc) is 3.02. The maximum Gasteiger partial charge on any atom is 0.240 e. The van der Waals surface area contributed by atoms with Gasteiger partial charge in [-0.05, 0) is 26.8 Å². The number of aryl methyl sites for hydroxylation is 3. The lowest BCUT2D eigenvalue weighted by Gasteiger charge is -2.15. The molecule has 1 N–H and O–H groups in total. The van der Waals surface area contributed by atoms with Gasteiger partial charge in [0.05, 0.1) is 11.7 Å². The number of carbonyl (C=O) groups excluding carboxylic acids is 1. The fraction of sp³-hybridized carbons (Fsp3) is 0.533. The van der Waals surface area contributed by atoms with Gasteiger partial charge in [-0.2, -0.15) is 5.10 Å². The van der Waals surface area contributed by atoms with E-state index in [1.807, 2.05) is 42.3 Å². The fourth-order valence-electron chi connectivity index (χ4n) is 2.45. The van der Waals surface area contributed by atoms with Gasteiger partial charge in [0.2, 0.25) is 5.91 Å². The number of aromatic nitrogens is 4. The van der Waals surface area contributed by atoms with E-state index in [4.69, 9.17) is 0 Å². The Bertz CT molecular complexity index is 613. The number of imidazole rings is 1. The van der Waals surface area contributed by atoms with Gasteiger partial charge in [-0.3, -0.25) is 9.48 Å². The fourth-order valence-corrected chi connectivity index (χ4v) is 2.45. The highest BCUT2D eigenvalue weighted by Gasteiger charge is 2.12. The molecule has 6 nitrogen and oxygen atoms in total. The summed E-state index contributed by atoms with van der Waals surface area (Å²) in [4.78, 5) is 16.2. The summed E-state index contributed by atoms with van der Waals surface area (Å²) in [6, 6.07) is 2.17. The second kappa shape index (κ2) is 6.56. The Hall–Kier alpha value is -2.11. The van der Waals surface area contributed by atoms with E-state index in [1.54, 1.807) is 6.20 Å². The highest BCUT2D eigenvalue weighted by molar-refractivity contribution is 5.75. The standard InChI is InChI=1S/C15H23N5O/c1-5-14-16-6-7-19(14)10-15(21)17-9-13(4)20-12(3)8-11(2)18-20/h6-8,13H,5,9-10H2,1-4H3,(H,17,21). The first kappa shape index (κ1) is 15.3. The summed E-state index contributed by atoms with van der Waals surface area (Å²) < 4.78 is 3.83. The monoisotopic (exact) mass is 289 g/mol. The van der Waals surface area contributed by atoms with Crippen LogP contribution in [0.5, 0.6) is 0 Å². The van der Waals surface area contributed by atoms with Crippen molar-refractivity contribution in [3.8, 4) is 0 Å². The predicted octanol–water partition coefficient (Wildman–Crippen LogP) is 1.64. The molecule has 0 saturated heterocycles. The third-order valence-electron chi connectivity index (χ3n) is 3.49. The summed E-state index contributed by atoms with van der Waals surface area (Å²) in [5, 5.41) is 7.40. The van der Waals surface area contributed by atoms with Crippen LogP contribution in [0, 0.1) is 13.8 Å². The molecule has 1 amide bonds. The molecule has 2 rings (SSSR count). The van der Waals surface area contributed by atoms with Crippen LogP contribution in [0.4, 0.5) is 0 Å². The van der Waals surface area contributed by atoms with E-state index in [0.29, 0.717) is 13.1 Å². The Morgan fingerprint density at radius 1 is 1.43 bits per heavy atom. The Labute approximate surface area is 125 Å². The molecule has 0 radical (unpaired) electrons. The van der Waals surface area contributed by atoms with Crippen molar-refractivity contribution >= 4 is 5.91 Å².